The van der Waals surface area contributed by atoms with Gasteiger partial charge in [0.05, 0.1) is 19.5 Å². The first kappa shape index (κ1) is 40.1. The van der Waals surface area contributed by atoms with Crippen LogP contribution in [0.2, 0.25) is 0 Å². The fourth-order valence-electron chi connectivity index (χ4n) is 4.55. The van der Waals surface area contributed by atoms with E-state index in [4.69, 9.17) is 24.3 Å². The normalized spacial score (nSPS) is 13.9. The molecular weight excluding hydrogens is 541 g/mol. The third-order valence-electron chi connectivity index (χ3n) is 7.03. The first-order valence-corrected chi connectivity index (χ1v) is 18.2. The lowest BCUT2D eigenvalue weighted by Gasteiger charge is -2.19. The highest BCUT2D eigenvalue weighted by molar-refractivity contribution is 7.47. The Morgan fingerprint density at radius 3 is 1.73 bits per heavy atom. The third-order valence-corrected chi connectivity index (χ3v) is 8.01. The van der Waals surface area contributed by atoms with Crippen LogP contribution in [-0.2, 0) is 27.9 Å². The van der Waals surface area contributed by atoms with Gasteiger partial charge < -0.3 is 20.1 Å². The maximum absolute atomic E-state index is 12.4. The van der Waals surface area contributed by atoms with Gasteiger partial charge in [-0.3, -0.25) is 13.8 Å². The molecule has 8 nitrogen and oxygen atoms in total. The molecule has 0 heterocycles. The summed E-state index contributed by atoms with van der Waals surface area (Å²) in [7, 11) is -4.27. The summed E-state index contributed by atoms with van der Waals surface area (Å²) in [4.78, 5) is 22.1. The highest BCUT2D eigenvalue weighted by Crippen LogP contribution is 2.43. The number of phosphoric ester groups is 1. The second kappa shape index (κ2) is 30.5. The van der Waals surface area contributed by atoms with Crippen molar-refractivity contribution in [2.24, 2.45) is 5.73 Å². The van der Waals surface area contributed by atoms with Crippen LogP contribution in [0, 0.1) is 0 Å². The van der Waals surface area contributed by atoms with Crippen LogP contribution in [0.1, 0.15) is 155 Å². The van der Waals surface area contributed by atoms with Crippen molar-refractivity contribution in [2.75, 3.05) is 26.4 Å². The highest BCUT2D eigenvalue weighted by Gasteiger charge is 2.25. The largest absolute Gasteiger partial charge is 0.498 e. The van der Waals surface area contributed by atoms with E-state index in [1.54, 1.807) is 6.26 Å². The molecule has 0 aliphatic rings. The molecule has 0 rings (SSSR count). The monoisotopic (exact) mass is 605 g/mol. The van der Waals surface area contributed by atoms with Crippen LogP contribution < -0.4 is 5.73 Å². The molecule has 41 heavy (non-hydrogen) atoms. The third kappa shape index (κ3) is 30.3. The molecule has 0 spiro atoms. The summed E-state index contributed by atoms with van der Waals surface area (Å²) in [6.07, 6.45) is 28.9. The molecule has 0 amide bonds. The average molecular weight is 606 g/mol. The maximum Gasteiger partial charge on any atom is 0.472 e. The van der Waals surface area contributed by atoms with Crippen molar-refractivity contribution in [2.45, 2.75) is 161 Å². The Morgan fingerprint density at radius 1 is 0.732 bits per heavy atom. The van der Waals surface area contributed by atoms with Crippen LogP contribution >= 0.6 is 7.82 Å². The fraction of sp³-hybridized carbons (Fsp3) is 0.906. The molecule has 2 atom stereocenters. The van der Waals surface area contributed by atoms with E-state index in [0.29, 0.717) is 6.42 Å². The lowest BCUT2D eigenvalue weighted by molar-refractivity contribution is -0.153. The van der Waals surface area contributed by atoms with E-state index in [-0.39, 0.29) is 32.3 Å². The van der Waals surface area contributed by atoms with E-state index in [1.807, 2.05) is 6.08 Å². The fourth-order valence-corrected chi connectivity index (χ4v) is 5.31. The van der Waals surface area contributed by atoms with Gasteiger partial charge in [0.15, 0.2) is 6.10 Å². The molecule has 3 N–H and O–H groups in total. The molecule has 0 aromatic carbocycles. The van der Waals surface area contributed by atoms with Gasteiger partial charge in [-0.05, 0) is 25.3 Å². The number of ether oxygens (including phenoxy) is 2. The van der Waals surface area contributed by atoms with E-state index in [0.717, 1.165) is 32.1 Å². The highest BCUT2D eigenvalue weighted by atomic mass is 31.2. The Balaban J connectivity index is 4.16. The maximum atomic E-state index is 12.4. The summed E-state index contributed by atoms with van der Waals surface area (Å²) in [6.45, 7) is 4.20. The van der Waals surface area contributed by atoms with Gasteiger partial charge in [0.25, 0.3) is 0 Å². The van der Waals surface area contributed by atoms with Gasteiger partial charge in [-0.25, -0.2) is 4.57 Å². The summed E-state index contributed by atoms with van der Waals surface area (Å²) < 4.78 is 32.8. The first-order valence-electron chi connectivity index (χ1n) is 16.7. The van der Waals surface area contributed by atoms with Crippen LogP contribution in [0.5, 0.6) is 0 Å². The molecule has 0 saturated carbocycles. The smallest absolute Gasteiger partial charge is 0.472 e. The lowest BCUT2D eigenvalue weighted by Crippen LogP contribution is -2.27. The van der Waals surface area contributed by atoms with Crippen molar-refractivity contribution in [3.05, 3.63) is 12.3 Å². The van der Waals surface area contributed by atoms with Crippen molar-refractivity contribution >= 4 is 13.8 Å². The number of esters is 1. The number of phosphoric acid groups is 1. The summed E-state index contributed by atoms with van der Waals surface area (Å²) in [6, 6.07) is 0. The topological polar surface area (TPSA) is 117 Å². The number of carbonyl (C=O) groups is 1. The molecule has 9 heteroatoms. The SMILES string of the molecule is CCCCCCCCCCCCCC/C=C/OC[C@@H](COP(=O)(O)OCCN)OC(=O)CCCCCCCCCC. The molecule has 0 saturated heterocycles. The Labute approximate surface area is 252 Å². The van der Waals surface area contributed by atoms with E-state index in [2.05, 4.69) is 13.8 Å². The minimum atomic E-state index is -4.27. The number of unbranched alkanes of at least 4 members (excludes halogenated alkanes) is 19. The zero-order valence-corrected chi connectivity index (χ0v) is 27.4. The van der Waals surface area contributed by atoms with E-state index >= 15 is 0 Å². The van der Waals surface area contributed by atoms with Crippen molar-refractivity contribution in [1.82, 2.24) is 0 Å². The molecule has 0 aromatic heterocycles. The molecule has 0 fully saturated rings. The molecule has 0 aliphatic heterocycles. The van der Waals surface area contributed by atoms with Crippen molar-refractivity contribution in [3.63, 3.8) is 0 Å². The molecule has 0 radical (unpaired) electrons. The number of hydrogen-bond donors (Lipinski definition) is 2. The molecular formula is C32H64NO7P. The predicted molar refractivity (Wildman–Crippen MR) is 169 cm³/mol. The minimum absolute atomic E-state index is 0.0367. The second-order valence-electron chi connectivity index (χ2n) is 11.1. The summed E-state index contributed by atoms with van der Waals surface area (Å²) >= 11 is 0. The Kier molecular flexibility index (Phi) is 29.8. The van der Waals surface area contributed by atoms with E-state index in [9.17, 15) is 14.3 Å². The quantitative estimate of drug-likeness (QED) is 0.0337. The molecule has 0 aliphatic carbocycles. The molecule has 0 aromatic rings. The predicted octanol–water partition coefficient (Wildman–Crippen LogP) is 9.14. The van der Waals surface area contributed by atoms with E-state index < -0.39 is 13.9 Å². The van der Waals surface area contributed by atoms with Crippen LogP contribution in [-0.4, -0.2) is 43.3 Å². The molecule has 244 valence electrons. The van der Waals surface area contributed by atoms with Gasteiger partial charge in [0.2, 0.25) is 0 Å². The summed E-state index contributed by atoms with van der Waals surface area (Å²) in [5.74, 6) is -0.357. The zero-order valence-electron chi connectivity index (χ0n) is 26.5. The van der Waals surface area contributed by atoms with Gasteiger partial charge in [-0.2, -0.15) is 0 Å². The second-order valence-corrected chi connectivity index (χ2v) is 12.6. The summed E-state index contributed by atoms with van der Waals surface area (Å²) in [5, 5.41) is 0. The van der Waals surface area contributed by atoms with Gasteiger partial charge in [0, 0.05) is 13.0 Å². The lowest BCUT2D eigenvalue weighted by atomic mass is 10.0. The zero-order chi connectivity index (χ0) is 30.3. The van der Waals surface area contributed by atoms with Crippen LogP contribution in [0.3, 0.4) is 0 Å². The molecule has 1 unspecified atom stereocenters. The number of carbonyl (C=O) groups excluding carboxylic acids is 1. The standard InChI is InChI=1S/C32H64NO7P/c1-3-5-7-9-11-13-14-15-16-17-18-20-22-24-27-37-29-31(30-39-41(35,36)38-28-26-33)40-32(34)25-23-21-19-12-10-8-6-4-2/h24,27,31H,3-23,25-26,28-30,33H2,1-2H3,(H,35,36)/b27-24+/t31-/m0/s1. The Morgan fingerprint density at radius 2 is 1.22 bits per heavy atom. The number of allylic oxidation sites excluding steroid dienone is 1. The van der Waals surface area contributed by atoms with Crippen LogP contribution in [0.25, 0.3) is 0 Å². The molecule has 0 bridgehead atoms. The number of nitrogens with two attached hydrogens (primary N) is 1. The number of hydrogen-bond acceptors (Lipinski definition) is 7. The Bertz CT molecular complexity index is 648. The van der Waals surface area contributed by atoms with Crippen molar-refractivity contribution < 1.29 is 32.8 Å². The summed E-state index contributed by atoms with van der Waals surface area (Å²) in [5.41, 5.74) is 5.32. The Hall–Kier alpha value is -0.920. The van der Waals surface area contributed by atoms with Crippen molar-refractivity contribution in [3.8, 4) is 0 Å². The number of rotatable bonds is 32. The van der Waals surface area contributed by atoms with Crippen LogP contribution in [0.4, 0.5) is 0 Å². The van der Waals surface area contributed by atoms with Gasteiger partial charge in [-0.15, -0.1) is 0 Å². The van der Waals surface area contributed by atoms with Gasteiger partial charge in [-0.1, -0.05) is 129 Å². The average Bonchev–Trinajstić information content (AvgIpc) is 2.96. The van der Waals surface area contributed by atoms with E-state index in [1.165, 1.54) is 103 Å². The van der Waals surface area contributed by atoms with Gasteiger partial charge >= 0.3 is 13.8 Å². The van der Waals surface area contributed by atoms with Crippen LogP contribution in [0.15, 0.2) is 12.3 Å². The van der Waals surface area contributed by atoms with Crippen molar-refractivity contribution in [1.29, 1.82) is 0 Å². The van der Waals surface area contributed by atoms with Gasteiger partial charge in [0.1, 0.15) is 6.61 Å². The first-order chi connectivity index (χ1) is 19.9. The minimum Gasteiger partial charge on any atom is -0.498 e.